The summed E-state index contributed by atoms with van der Waals surface area (Å²) in [7, 11) is 1.68. The van der Waals surface area contributed by atoms with Crippen LogP contribution < -0.4 is 5.32 Å². The topological polar surface area (TPSA) is 46.3 Å². The zero-order valence-electron chi connectivity index (χ0n) is 11.7. The number of hydrogen-bond donors (Lipinski definition) is 2. The minimum Gasteiger partial charge on any atom is -0.382 e. The Morgan fingerprint density at radius 1 is 1.25 bits per heavy atom. The fraction of sp³-hybridized carbons (Fsp3) is 0.467. The molecule has 0 radical (unpaired) electrons. The predicted octanol–water partition coefficient (Wildman–Crippen LogP) is 2.96. The maximum absolute atomic E-state index is 5.97. The summed E-state index contributed by atoms with van der Waals surface area (Å²) >= 11 is 5.97. The molecule has 0 aliphatic rings. The number of methoxy groups -OCH3 is 1. The molecular weight excluding hydrogens is 276 g/mol. The van der Waals surface area contributed by atoms with Gasteiger partial charge in [-0.05, 0) is 30.7 Å². The van der Waals surface area contributed by atoms with Gasteiger partial charge in [-0.3, -0.25) is 0 Å². The minimum atomic E-state index is 0.658. The van der Waals surface area contributed by atoms with Crippen LogP contribution in [0.25, 0.3) is 10.9 Å². The molecule has 0 atom stereocenters. The van der Waals surface area contributed by atoms with E-state index in [4.69, 9.17) is 21.1 Å². The molecule has 0 spiro atoms. The summed E-state index contributed by atoms with van der Waals surface area (Å²) in [5.74, 6) is 0. The zero-order valence-corrected chi connectivity index (χ0v) is 12.5. The molecule has 2 N–H and O–H groups in total. The molecule has 0 aliphatic heterocycles. The van der Waals surface area contributed by atoms with Gasteiger partial charge in [0.1, 0.15) is 0 Å². The van der Waals surface area contributed by atoms with E-state index in [1.54, 1.807) is 7.11 Å². The number of ether oxygens (including phenoxy) is 2. The van der Waals surface area contributed by atoms with Crippen molar-refractivity contribution in [1.82, 2.24) is 10.3 Å². The van der Waals surface area contributed by atoms with Gasteiger partial charge in [0, 0.05) is 42.4 Å². The maximum Gasteiger partial charge on any atom is 0.0700 e. The van der Waals surface area contributed by atoms with Crippen LogP contribution in [0.2, 0.25) is 5.02 Å². The lowest BCUT2D eigenvalue weighted by Crippen LogP contribution is -2.16. The largest absolute Gasteiger partial charge is 0.382 e. The standard InChI is InChI=1S/C15H21ClN2O2/c1-19-7-8-20-6-2-5-17-10-12-11-18-15-9-13(16)3-4-14(12)15/h3-4,9,11,17-18H,2,5-8,10H2,1H3. The highest BCUT2D eigenvalue weighted by Gasteiger charge is 2.03. The van der Waals surface area contributed by atoms with Crippen LogP contribution in [0.1, 0.15) is 12.0 Å². The molecule has 0 unspecified atom stereocenters. The van der Waals surface area contributed by atoms with Crippen LogP contribution in [-0.4, -0.2) is 38.5 Å². The molecule has 0 saturated carbocycles. The molecular formula is C15H21ClN2O2. The molecule has 0 amide bonds. The summed E-state index contributed by atoms with van der Waals surface area (Å²) in [6, 6.07) is 5.92. The first-order valence-electron chi connectivity index (χ1n) is 6.84. The molecule has 110 valence electrons. The van der Waals surface area contributed by atoms with E-state index in [0.29, 0.717) is 13.2 Å². The number of benzene rings is 1. The van der Waals surface area contributed by atoms with Crippen molar-refractivity contribution in [2.75, 3.05) is 33.5 Å². The van der Waals surface area contributed by atoms with E-state index < -0.39 is 0 Å². The van der Waals surface area contributed by atoms with Gasteiger partial charge in [-0.15, -0.1) is 0 Å². The highest BCUT2D eigenvalue weighted by atomic mass is 35.5. The minimum absolute atomic E-state index is 0.658. The summed E-state index contributed by atoms with van der Waals surface area (Å²) in [5.41, 5.74) is 2.34. The molecule has 1 aromatic carbocycles. The van der Waals surface area contributed by atoms with Gasteiger partial charge in [-0.1, -0.05) is 17.7 Å². The lowest BCUT2D eigenvalue weighted by molar-refractivity contribution is 0.0695. The molecule has 0 fully saturated rings. The van der Waals surface area contributed by atoms with Crippen molar-refractivity contribution in [3.63, 3.8) is 0 Å². The molecule has 20 heavy (non-hydrogen) atoms. The monoisotopic (exact) mass is 296 g/mol. The van der Waals surface area contributed by atoms with Crippen LogP contribution in [-0.2, 0) is 16.0 Å². The van der Waals surface area contributed by atoms with Gasteiger partial charge in [0.15, 0.2) is 0 Å². The first-order chi connectivity index (χ1) is 9.81. The highest BCUT2D eigenvalue weighted by Crippen LogP contribution is 2.21. The van der Waals surface area contributed by atoms with Crippen molar-refractivity contribution in [3.8, 4) is 0 Å². The van der Waals surface area contributed by atoms with Crippen molar-refractivity contribution in [2.24, 2.45) is 0 Å². The fourth-order valence-electron chi connectivity index (χ4n) is 2.07. The lowest BCUT2D eigenvalue weighted by atomic mass is 10.2. The molecule has 4 nitrogen and oxygen atoms in total. The summed E-state index contributed by atoms with van der Waals surface area (Å²) in [4.78, 5) is 3.24. The number of aromatic amines is 1. The molecule has 0 aliphatic carbocycles. The second kappa shape index (κ2) is 8.27. The first kappa shape index (κ1) is 15.3. The number of H-pyrrole nitrogens is 1. The second-order valence-electron chi connectivity index (χ2n) is 4.64. The summed E-state index contributed by atoms with van der Waals surface area (Å²) in [6.07, 6.45) is 3.03. The molecule has 1 heterocycles. The fourth-order valence-corrected chi connectivity index (χ4v) is 2.24. The number of halogens is 1. The van der Waals surface area contributed by atoms with Crippen molar-refractivity contribution in [2.45, 2.75) is 13.0 Å². The SMILES string of the molecule is COCCOCCCNCc1c[nH]c2cc(Cl)ccc12. The van der Waals surface area contributed by atoms with Gasteiger partial charge in [0.05, 0.1) is 13.2 Å². The lowest BCUT2D eigenvalue weighted by Gasteiger charge is -2.05. The summed E-state index contributed by atoms with van der Waals surface area (Å²) in [5, 5.41) is 5.40. The number of nitrogens with one attached hydrogen (secondary N) is 2. The van der Waals surface area contributed by atoms with Crippen LogP contribution in [0, 0.1) is 0 Å². The van der Waals surface area contributed by atoms with Crippen molar-refractivity contribution < 1.29 is 9.47 Å². The van der Waals surface area contributed by atoms with Crippen molar-refractivity contribution >= 4 is 22.5 Å². The Hall–Kier alpha value is -1.07. The van der Waals surface area contributed by atoms with E-state index >= 15 is 0 Å². The maximum atomic E-state index is 5.97. The molecule has 0 saturated heterocycles. The van der Waals surface area contributed by atoms with Gasteiger partial charge in [-0.25, -0.2) is 0 Å². The Labute approximate surface area is 124 Å². The van der Waals surface area contributed by atoms with Crippen LogP contribution >= 0.6 is 11.6 Å². The highest BCUT2D eigenvalue weighted by molar-refractivity contribution is 6.31. The van der Waals surface area contributed by atoms with Gasteiger partial charge in [-0.2, -0.15) is 0 Å². The number of fused-ring (bicyclic) bond motifs is 1. The Morgan fingerprint density at radius 2 is 2.15 bits per heavy atom. The molecule has 1 aromatic heterocycles. The van der Waals surface area contributed by atoms with E-state index in [-0.39, 0.29) is 0 Å². The first-order valence-corrected chi connectivity index (χ1v) is 7.22. The Morgan fingerprint density at radius 3 is 3.00 bits per heavy atom. The van der Waals surface area contributed by atoms with Crippen molar-refractivity contribution in [3.05, 3.63) is 35.0 Å². The molecule has 2 rings (SSSR count). The van der Waals surface area contributed by atoms with E-state index in [9.17, 15) is 0 Å². The average Bonchev–Trinajstić information content (AvgIpc) is 2.84. The van der Waals surface area contributed by atoms with Crippen LogP contribution in [0.5, 0.6) is 0 Å². The van der Waals surface area contributed by atoms with Gasteiger partial charge in [0.25, 0.3) is 0 Å². The third-order valence-corrected chi connectivity index (χ3v) is 3.35. The number of rotatable bonds is 9. The van der Waals surface area contributed by atoms with Crippen LogP contribution in [0.4, 0.5) is 0 Å². The van der Waals surface area contributed by atoms with E-state index in [1.165, 1.54) is 10.9 Å². The Bertz CT molecular complexity index is 528. The van der Waals surface area contributed by atoms with Crippen LogP contribution in [0.15, 0.2) is 24.4 Å². The van der Waals surface area contributed by atoms with Gasteiger partial charge in [0.2, 0.25) is 0 Å². The summed E-state index contributed by atoms with van der Waals surface area (Å²) in [6.45, 7) is 3.87. The predicted molar refractivity (Wildman–Crippen MR) is 82.3 cm³/mol. The number of aromatic nitrogens is 1. The average molecular weight is 297 g/mol. The van der Waals surface area contributed by atoms with Gasteiger partial charge < -0.3 is 19.8 Å². The van der Waals surface area contributed by atoms with Crippen LogP contribution in [0.3, 0.4) is 0 Å². The molecule has 0 bridgehead atoms. The Balaban J connectivity index is 1.68. The second-order valence-corrected chi connectivity index (χ2v) is 5.08. The van der Waals surface area contributed by atoms with Crippen molar-refractivity contribution in [1.29, 1.82) is 0 Å². The van der Waals surface area contributed by atoms with E-state index in [1.807, 2.05) is 18.3 Å². The Kier molecular flexibility index (Phi) is 6.33. The van der Waals surface area contributed by atoms with E-state index in [0.717, 1.165) is 36.7 Å². The number of hydrogen-bond acceptors (Lipinski definition) is 3. The third-order valence-electron chi connectivity index (χ3n) is 3.12. The molecule has 2 aromatic rings. The van der Waals surface area contributed by atoms with Gasteiger partial charge >= 0.3 is 0 Å². The van der Waals surface area contributed by atoms with E-state index in [2.05, 4.69) is 16.4 Å². The quantitative estimate of drug-likeness (QED) is 0.699. The zero-order chi connectivity index (χ0) is 14.2. The third kappa shape index (κ3) is 4.49. The smallest absolute Gasteiger partial charge is 0.0700 e. The normalized spacial score (nSPS) is 11.3. The summed E-state index contributed by atoms with van der Waals surface area (Å²) < 4.78 is 10.3. The molecule has 5 heteroatoms.